The van der Waals surface area contributed by atoms with Crippen LogP contribution in [0.15, 0.2) is 0 Å². The molecule has 6 rings (SSSR count). The van der Waals surface area contributed by atoms with Crippen LogP contribution in [0.3, 0.4) is 0 Å². The summed E-state index contributed by atoms with van der Waals surface area (Å²) in [5.74, 6) is -0.744. The lowest BCUT2D eigenvalue weighted by Gasteiger charge is -2.48. The highest BCUT2D eigenvalue weighted by Gasteiger charge is 2.99. The number of aliphatic hydroxyl groups excluding tert-OH is 1. The maximum atomic E-state index is 13.3. The van der Waals surface area contributed by atoms with E-state index < -0.39 is 52.6 Å². The minimum Gasteiger partial charge on any atom is -0.459 e. The average molecular weight is 380 g/mol. The third-order valence-corrected chi connectivity index (χ3v) is 9.05. The van der Waals surface area contributed by atoms with E-state index in [0.717, 1.165) is 0 Å². The Morgan fingerprint density at radius 3 is 2.59 bits per heavy atom. The van der Waals surface area contributed by atoms with E-state index in [4.69, 9.17) is 18.9 Å². The van der Waals surface area contributed by atoms with Crippen molar-refractivity contribution in [3.8, 4) is 0 Å². The van der Waals surface area contributed by atoms with Crippen molar-refractivity contribution < 1.29 is 34.0 Å². The molecule has 0 bridgehead atoms. The van der Waals surface area contributed by atoms with Gasteiger partial charge in [-0.3, -0.25) is 0 Å². The molecule has 0 aromatic rings. The van der Waals surface area contributed by atoms with Crippen molar-refractivity contribution in [2.45, 2.75) is 76.3 Å². The summed E-state index contributed by atoms with van der Waals surface area (Å²) in [6.45, 7) is 8.90. The van der Waals surface area contributed by atoms with Crippen molar-refractivity contribution >= 4 is 5.97 Å². The number of esters is 1. The summed E-state index contributed by atoms with van der Waals surface area (Å²) in [7, 11) is 0. The van der Waals surface area contributed by atoms with E-state index in [0.29, 0.717) is 19.4 Å². The first kappa shape index (κ1) is 17.2. The van der Waals surface area contributed by atoms with E-state index in [2.05, 4.69) is 20.8 Å². The molecule has 4 heterocycles. The van der Waals surface area contributed by atoms with Crippen LogP contribution in [0.5, 0.6) is 0 Å². The van der Waals surface area contributed by atoms with Crippen LogP contribution in [0.1, 0.15) is 40.5 Å². The molecule has 0 aromatic heterocycles. The molecule has 0 radical (unpaired) electrons. The van der Waals surface area contributed by atoms with E-state index in [-0.39, 0.29) is 23.9 Å². The molecule has 6 aliphatic rings. The molecule has 10 atom stereocenters. The van der Waals surface area contributed by atoms with E-state index in [1.54, 1.807) is 0 Å². The van der Waals surface area contributed by atoms with E-state index in [1.807, 2.05) is 6.92 Å². The Kier molecular flexibility index (Phi) is 2.79. The molecule has 0 aromatic carbocycles. The highest BCUT2D eigenvalue weighted by Crippen LogP contribution is 2.84. The number of carbonyl (C=O) groups is 1. The zero-order valence-electron chi connectivity index (χ0n) is 16.2. The van der Waals surface area contributed by atoms with Crippen molar-refractivity contribution in [3.63, 3.8) is 0 Å². The Labute approximate surface area is 158 Å². The normalized spacial score (nSPS) is 63.1. The largest absolute Gasteiger partial charge is 0.459 e. The molecular formula is C20H28O7. The molecule has 150 valence electrons. The van der Waals surface area contributed by atoms with Crippen molar-refractivity contribution in [2.75, 3.05) is 13.2 Å². The summed E-state index contributed by atoms with van der Waals surface area (Å²) in [6.07, 6.45) is -1.28. The molecule has 6 fully saturated rings. The van der Waals surface area contributed by atoms with Crippen LogP contribution in [0.25, 0.3) is 0 Å². The fourth-order valence-electron chi connectivity index (χ4n) is 8.29. The molecule has 7 nitrogen and oxygen atoms in total. The Hall–Kier alpha value is -0.730. The third kappa shape index (κ3) is 1.31. The summed E-state index contributed by atoms with van der Waals surface area (Å²) in [5, 5.41) is 23.2. The Balaban J connectivity index is 1.67. The van der Waals surface area contributed by atoms with Crippen molar-refractivity contribution in [3.05, 3.63) is 0 Å². The van der Waals surface area contributed by atoms with Crippen molar-refractivity contribution in [1.29, 1.82) is 0 Å². The zero-order chi connectivity index (χ0) is 19.2. The van der Waals surface area contributed by atoms with Crippen LogP contribution in [-0.2, 0) is 23.7 Å². The van der Waals surface area contributed by atoms with Gasteiger partial charge >= 0.3 is 5.97 Å². The van der Waals surface area contributed by atoms with E-state index in [1.165, 1.54) is 0 Å². The van der Waals surface area contributed by atoms with Crippen LogP contribution in [0.4, 0.5) is 0 Å². The lowest BCUT2D eigenvalue weighted by Crippen LogP contribution is -2.66. The van der Waals surface area contributed by atoms with Gasteiger partial charge in [-0.15, -0.1) is 0 Å². The fourth-order valence-corrected chi connectivity index (χ4v) is 8.29. The van der Waals surface area contributed by atoms with Gasteiger partial charge in [0.1, 0.15) is 11.7 Å². The summed E-state index contributed by atoms with van der Waals surface area (Å²) in [5.41, 5.74) is -4.76. The van der Waals surface area contributed by atoms with Crippen molar-refractivity contribution in [2.24, 2.45) is 28.1 Å². The number of ether oxygens (including phenoxy) is 4. The molecule has 27 heavy (non-hydrogen) atoms. The first-order valence-corrected chi connectivity index (χ1v) is 10.1. The van der Waals surface area contributed by atoms with Gasteiger partial charge in [-0.2, -0.15) is 0 Å². The number of fused-ring (bicyclic) bond motifs is 1. The van der Waals surface area contributed by atoms with Gasteiger partial charge in [0.05, 0.1) is 36.3 Å². The fraction of sp³-hybridized carbons (Fsp3) is 0.950. The Morgan fingerprint density at radius 1 is 1.15 bits per heavy atom. The quantitative estimate of drug-likeness (QED) is 0.595. The summed E-state index contributed by atoms with van der Waals surface area (Å²) < 4.78 is 24.3. The molecule has 2 saturated carbocycles. The lowest BCUT2D eigenvalue weighted by molar-refractivity contribution is -0.239. The first-order valence-electron chi connectivity index (χ1n) is 10.1. The maximum Gasteiger partial charge on any atom is 0.342 e. The molecule has 2 spiro atoms. The maximum absolute atomic E-state index is 13.3. The predicted molar refractivity (Wildman–Crippen MR) is 90.3 cm³/mol. The van der Waals surface area contributed by atoms with Gasteiger partial charge in [-0.1, -0.05) is 27.7 Å². The van der Waals surface area contributed by atoms with Crippen LogP contribution in [0.2, 0.25) is 0 Å². The van der Waals surface area contributed by atoms with E-state index >= 15 is 0 Å². The van der Waals surface area contributed by atoms with Crippen molar-refractivity contribution in [1.82, 2.24) is 0 Å². The van der Waals surface area contributed by atoms with Gasteiger partial charge in [-0.25, -0.2) is 4.79 Å². The van der Waals surface area contributed by atoms with Crippen LogP contribution >= 0.6 is 0 Å². The van der Waals surface area contributed by atoms with Gasteiger partial charge in [-0.05, 0) is 24.2 Å². The summed E-state index contributed by atoms with van der Waals surface area (Å²) in [6, 6.07) is 0. The topological polar surface area (TPSA) is 94.5 Å². The Bertz CT molecular complexity index is 747. The first-order chi connectivity index (χ1) is 12.6. The van der Waals surface area contributed by atoms with E-state index in [9.17, 15) is 15.0 Å². The van der Waals surface area contributed by atoms with Gasteiger partial charge < -0.3 is 29.2 Å². The monoisotopic (exact) mass is 380 g/mol. The number of hydrogen-bond donors (Lipinski definition) is 2. The summed E-state index contributed by atoms with van der Waals surface area (Å²) >= 11 is 0. The standard InChI is InChI=1S/C20H28O7/c1-9-7-24-13-6-17-12-5-10(16(2,3)4)18(17)11(21)8-25-15(18)27-20(17,14(22)26-12)19(9,13)23/h9-13,15,21,23H,5-8H2,1-4H3/t9-,10?,11+,12?,13?,15?,17?,18?,19-,20-/m1/s1. The highest BCUT2D eigenvalue weighted by atomic mass is 16.7. The smallest absolute Gasteiger partial charge is 0.342 e. The van der Waals surface area contributed by atoms with Crippen LogP contribution in [0, 0.1) is 28.1 Å². The number of aliphatic hydroxyl groups is 2. The molecule has 2 aliphatic carbocycles. The minimum absolute atomic E-state index is 0.0326. The van der Waals surface area contributed by atoms with Gasteiger partial charge in [0.25, 0.3) is 0 Å². The third-order valence-electron chi connectivity index (χ3n) is 9.05. The van der Waals surface area contributed by atoms with Gasteiger partial charge in [0.2, 0.25) is 5.60 Å². The number of carbonyl (C=O) groups excluding carboxylic acids is 1. The second-order valence-corrected chi connectivity index (χ2v) is 10.7. The second kappa shape index (κ2) is 4.38. The molecule has 0 amide bonds. The van der Waals surface area contributed by atoms with Gasteiger partial charge in [0.15, 0.2) is 6.29 Å². The number of hydrogen-bond acceptors (Lipinski definition) is 7. The molecule has 2 N–H and O–H groups in total. The zero-order valence-corrected chi connectivity index (χ0v) is 16.2. The Morgan fingerprint density at radius 2 is 1.89 bits per heavy atom. The molecule has 4 saturated heterocycles. The lowest BCUT2D eigenvalue weighted by atomic mass is 9.51. The van der Waals surface area contributed by atoms with Crippen LogP contribution in [-0.4, -0.2) is 65.2 Å². The minimum atomic E-state index is -1.53. The molecular weight excluding hydrogens is 352 g/mol. The predicted octanol–water partition coefficient (Wildman–Crippen LogP) is 0.606. The second-order valence-electron chi connectivity index (χ2n) is 10.7. The highest BCUT2D eigenvalue weighted by molar-refractivity contribution is 5.89. The average Bonchev–Trinajstić information content (AvgIpc) is 3.30. The molecule has 4 aliphatic heterocycles. The SMILES string of the molecule is C[C@@H]1COC2CC34C5CC(C(C)(C)C)C36C(OC[C@@H]6O)O[C@@]4(C(=O)O5)[C@]21O. The van der Waals surface area contributed by atoms with Gasteiger partial charge in [0, 0.05) is 5.92 Å². The number of rotatable bonds is 0. The molecule has 7 heteroatoms. The van der Waals surface area contributed by atoms with Crippen LogP contribution < -0.4 is 0 Å². The summed E-state index contributed by atoms with van der Waals surface area (Å²) in [4.78, 5) is 13.3. The molecule has 6 unspecified atom stereocenters.